The molecule has 0 bridgehead atoms. The van der Waals surface area contributed by atoms with Crippen LogP contribution in [0, 0.1) is 5.92 Å². The Balaban J connectivity index is 5.17. The molecular formula is C88H172O17P2. The second-order valence-corrected chi connectivity index (χ2v) is 35.0. The SMILES string of the molecule is CCCCCCCCCCCCCCCCCCCCCCCC(=O)OC[C@H](COP(=O)(O)OC[C@@H](O)COP(=O)(O)OC[C@@H](COC(=O)CCCCCCCCCC)OC(=O)CCCCCCCCCCCCCCCCC(C)C)OC(=O)CCCCCCCCCCCCCCCCCCCCCCC. The summed E-state index contributed by atoms with van der Waals surface area (Å²) >= 11 is 0. The molecule has 0 saturated heterocycles. The van der Waals surface area contributed by atoms with Crippen LogP contribution in [0.5, 0.6) is 0 Å². The molecule has 5 atom stereocenters. The average molecular weight is 1560 g/mol. The van der Waals surface area contributed by atoms with E-state index in [4.69, 9.17) is 37.0 Å². The first-order chi connectivity index (χ1) is 52.0. The van der Waals surface area contributed by atoms with Crippen molar-refractivity contribution in [2.75, 3.05) is 39.6 Å². The largest absolute Gasteiger partial charge is 0.472 e. The first-order valence-corrected chi connectivity index (χ1v) is 48.6. The lowest BCUT2D eigenvalue weighted by atomic mass is 10.0. The number of carbonyl (C=O) groups excluding carboxylic acids is 4. The van der Waals surface area contributed by atoms with Crippen LogP contribution in [0.3, 0.4) is 0 Å². The molecule has 3 N–H and O–H groups in total. The van der Waals surface area contributed by atoms with Crippen LogP contribution in [-0.4, -0.2) is 96.7 Å². The van der Waals surface area contributed by atoms with Crippen LogP contribution < -0.4 is 0 Å². The molecule has 17 nitrogen and oxygen atoms in total. The van der Waals surface area contributed by atoms with Gasteiger partial charge in [0.15, 0.2) is 12.2 Å². The van der Waals surface area contributed by atoms with Crippen molar-refractivity contribution in [3.8, 4) is 0 Å². The summed E-state index contributed by atoms with van der Waals surface area (Å²) in [7, 11) is -9.93. The monoisotopic (exact) mass is 1560 g/mol. The van der Waals surface area contributed by atoms with Crippen molar-refractivity contribution in [1.82, 2.24) is 0 Å². The number of hydrogen-bond donors (Lipinski definition) is 3. The van der Waals surface area contributed by atoms with Gasteiger partial charge in [0.2, 0.25) is 0 Å². The zero-order valence-corrected chi connectivity index (χ0v) is 72.1. The molecule has 0 saturated carbocycles. The minimum Gasteiger partial charge on any atom is -0.462 e. The fraction of sp³-hybridized carbons (Fsp3) is 0.955. The van der Waals surface area contributed by atoms with Gasteiger partial charge in [-0.3, -0.25) is 37.3 Å². The fourth-order valence-electron chi connectivity index (χ4n) is 13.8. The summed E-state index contributed by atoms with van der Waals surface area (Å²) in [6.07, 6.45) is 75.3. The van der Waals surface area contributed by atoms with E-state index in [0.717, 1.165) is 102 Å². The topological polar surface area (TPSA) is 237 Å². The summed E-state index contributed by atoms with van der Waals surface area (Å²) in [4.78, 5) is 73.2. The van der Waals surface area contributed by atoms with E-state index in [0.29, 0.717) is 25.7 Å². The van der Waals surface area contributed by atoms with Crippen molar-refractivity contribution in [3.05, 3.63) is 0 Å². The van der Waals surface area contributed by atoms with Gasteiger partial charge in [0.25, 0.3) is 0 Å². The molecule has 2 unspecified atom stereocenters. The Morgan fingerprint density at radius 2 is 0.430 bits per heavy atom. The van der Waals surface area contributed by atoms with Crippen molar-refractivity contribution in [1.29, 1.82) is 0 Å². The van der Waals surface area contributed by atoms with Gasteiger partial charge in [-0.1, -0.05) is 426 Å². The second kappa shape index (κ2) is 80.7. The van der Waals surface area contributed by atoms with Gasteiger partial charge in [-0.05, 0) is 31.6 Å². The standard InChI is InChI=1S/C88H172O17P2/c1-6-9-12-15-18-21-23-25-27-29-31-33-35-37-39-44-48-52-57-62-67-72-86(91)99-78-84(105-88(93)73-68-63-58-53-49-45-40-38-36-34-32-30-28-26-24-22-19-16-13-10-7-2)80-103-107(96,97)101-76-82(89)75-100-106(94,95)102-79-83(77-98-85(90)71-66-61-56-20-17-14-11-8-3)104-87(92)74-69-64-59-54-50-46-42-41-43-47-51-55-60-65-70-81(4)5/h81-84,89H,6-80H2,1-5H3,(H,94,95)(H,96,97)/t82-,83+,84+/m0/s1. The van der Waals surface area contributed by atoms with E-state index in [2.05, 4.69) is 34.6 Å². The van der Waals surface area contributed by atoms with E-state index in [-0.39, 0.29) is 25.7 Å². The maximum absolute atomic E-state index is 13.2. The van der Waals surface area contributed by atoms with Crippen molar-refractivity contribution in [2.45, 2.75) is 496 Å². The molecule has 0 radical (unpaired) electrons. The van der Waals surface area contributed by atoms with Crippen LogP contribution >= 0.6 is 15.6 Å². The third kappa shape index (κ3) is 81.9. The molecule has 0 aromatic carbocycles. The molecule has 0 amide bonds. The normalized spacial score (nSPS) is 13.7. The quantitative estimate of drug-likeness (QED) is 0.0222. The summed E-state index contributed by atoms with van der Waals surface area (Å²) in [5, 5.41) is 10.7. The van der Waals surface area contributed by atoms with Gasteiger partial charge in [0.1, 0.15) is 19.3 Å². The lowest BCUT2D eigenvalue weighted by Gasteiger charge is -2.21. The first kappa shape index (κ1) is 105. The molecule has 0 aliphatic rings. The van der Waals surface area contributed by atoms with Crippen LogP contribution in [0.4, 0.5) is 0 Å². The van der Waals surface area contributed by atoms with Gasteiger partial charge in [0.05, 0.1) is 26.4 Å². The Morgan fingerprint density at radius 1 is 0.252 bits per heavy atom. The number of phosphoric ester groups is 2. The lowest BCUT2D eigenvalue weighted by Crippen LogP contribution is -2.30. The maximum Gasteiger partial charge on any atom is 0.472 e. The van der Waals surface area contributed by atoms with Crippen LogP contribution in [0.2, 0.25) is 0 Å². The van der Waals surface area contributed by atoms with Crippen LogP contribution in [0.25, 0.3) is 0 Å². The molecule has 0 heterocycles. The van der Waals surface area contributed by atoms with E-state index < -0.39 is 97.5 Å². The van der Waals surface area contributed by atoms with Gasteiger partial charge in [-0.2, -0.15) is 0 Å². The number of carbonyl (C=O) groups is 4. The fourth-order valence-corrected chi connectivity index (χ4v) is 15.4. The van der Waals surface area contributed by atoms with Crippen LogP contribution in [0.1, 0.15) is 478 Å². The van der Waals surface area contributed by atoms with Crippen LogP contribution in [0.15, 0.2) is 0 Å². The van der Waals surface area contributed by atoms with E-state index in [1.54, 1.807) is 0 Å². The predicted molar refractivity (Wildman–Crippen MR) is 442 cm³/mol. The molecule has 0 aromatic heterocycles. The molecule has 636 valence electrons. The van der Waals surface area contributed by atoms with Gasteiger partial charge in [-0.25, -0.2) is 9.13 Å². The number of aliphatic hydroxyl groups excluding tert-OH is 1. The molecule has 0 fully saturated rings. The molecule has 0 aliphatic heterocycles. The van der Waals surface area contributed by atoms with Gasteiger partial charge >= 0.3 is 39.5 Å². The van der Waals surface area contributed by atoms with E-state index >= 15 is 0 Å². The zero-order chi connectivity index (χ0) is 78.3. The summed E-state index contributed by atoms with van der Waals surface area (Å²) in [5.74, 6) is -1.31. The number of phosphoric acid groups is 2. The first-order valence-electron chi connectivity index (χ1n) is 45.6. The average Bonchev–Trinajstić information content (AvgIpc) is 0.899. The molecule has 0 spiro atoms. The van der Waals surface area contributed by atoms with Crippen molar-refractivity contribution in [3.63, 3.8) is 0 Å². The smallest absolute Gasteiger partial charge is 0.462 e. The third-order valence-corrected chi connectivity index (χ3v) is 22.7. The zero-order valence-electron chi connectivity index (χ0n) is 70.3. The molecule has 0 aliphatic carbocycles. The summed E-state index contributed by atoms with van der Waals surface area (Å²) in [5.41, 5.74) is 0. The highest BCUT2D eigenvalue weighted by atomic mass is 31.2. The third-order valence-electron chi connectivity index (χ3n) is 20.8. The van der Waals surface area contributed by atoms with Crippen molar-refractivity contribution >= 4 is 39.5 Å². The Hall–Kier alpha value is -1.94. The highest BCUT2D eigenvalue weighted by Gasteiger charge is 2.30. The molecule has 0 rings (SSSR count). The summed E-state index contributed by atoms with van der Waals surface area (Å²) in [6.45, 7) is 7.36. The number of rotatable bonds is 88. The Labute approximate surface area is 658 Å². The number of aliphatic hydroxyl groups is 1. The Morgan fingerprint density at radius 3 is 0.636 bits per heavy atom. The maximum atomic E-state index is 13.2. The highest BCUT2D eigenvalue weighted by Crippen LogP contribution is 2.45. The number of unbranched alkanes of at least 4 members (excludes halogenated alkanes) is 60. The van der Waals surface area contributed by atoms with Crippen molar-refractivity contribution < 1.29 is 80.2 Å². The van der Waals surface area contributed by atoms with E-state index in [1.807, 2.05) is 0 Å². The predicted octanol–water partition coefficient (Wildman–Crippen LogP) is 27.2. The van der Waals surface area contributed by atoms with E-state index in [1.165, 1.54) is 295 Å². The Kier molecular flexibility index (Phi) is 79.2. The minimum absolute atomic E-state index is 0.108. The van der Waals surface area contributed by atoms with Gasteiger partial charge in [0, 0.05) is 25.7 Å². The van der Waals surface area contributed by atoms with Gasteiger partial charge < -0.3 is 33.8 Å². The number of esters is 4. The second-order valence-electron chi connectivity index (χ2n) is 32.1. The summed E-state index contributed by atoms with van der Waals surface area (Å²) < 4.78 is 68.9. The molecule has 107 heavy (non-hydrogen) atoms. The molecule has 19 heteroatoms. The minimum atomic E-state index is -4.97. The number of ether oxygens (including phenoxy) is 4. The van der Waals surface area contributed by atoms with Crippen molar-refractivity contribution in [2.24, 2.45) is 5.92 Å². The van der Waals surface area contributed by atoms with E-state index in [9.17, 15) is 43.2 Å². The van der Waals surface area contributed by atoms with Crippen LogP contribution in [-0.2, 0) is 65.4 Å². The number of hydrogen-bond acceptors (Lipinski definition) is 15. The highest BCUT2D eigenvalue weighted by molar-refractivity contribution is 7.47. The molecule has 0 aromatic rings. The lowest BCUT2D eigenvalue weighted by molar-refractivity contribution is -0.161. The Bertz CT molecular complexity index is 2030. The molecular weight excluding hydrogens is 1390 g/mol. The van der Waals surface area contributed by atoms with Gasteiger partial charge in [-0.15, -0.1) is 0 Å². The summed E-state index contributed by atoms with van der Waals surface area (Å²) in [6, 6.07) is 0.